The van der Waals surface area contributed by atoms with Gasteiger partial charge in [0.2, 0.25) is 11.6 Å². The maximum absolute atomic E-state index is 12.6. The maximum Gasteiger partial charge on any atom is 0.435 e. The molecule has 0 aliphatic carbocycles. The SMILES string of the molecule is Cc1ccc([N+](=O)[O-])c(Oc2cc(C(F)(F)F)nn2C)c1. The minimum absolute atomic E-state index is 0.142. The van der Waals surface area contributed by atoms with Gasteiger partial charge in [0.1, 0.15) is 0 Å². The highest BCUT2D eigenvalue weighted by Gasteiger charge is 2.35. The summed E-state index contributed by atoms with van der Waals surface area (Å²) in [6.45, 7) is 1.68. The quantitative estimate of drug-likeness (QED) is 0.643. The summed E-state index contributed by atoms with van der Waals surface area (Å²) in [4.78, 5) is 10.2. The molecule has 2 aromatic rings. The zero-order valence-corrected chi connectivity index (χ0v) is 11.0. The van der Waals surface area contributed by atoms with Crippen LogP contribution in [-0.4, -0.2) is 14.7 Å². The van der Waals surface area contributed by atoms with Crippen LogP contribution in [0.3, 0.4) is 0 Å². The van der Waals surface area contributed by atoms with E-state index in [1.807, 2.05) is 0 Å². The lowest BCUT2D eigenvalue weighted by Crippen LogP contribution is -2.06. The van der Waals surface area contributed by atoms with E-state index in [0.717, 1.165) is 4.68 Å². The standard InChI is InChI=1S/C12H10F3N3O3/c1-7-3-4-8(18(19)20)9(5-7)21-11-6-10(12(13,14)15)16-17(11)2/h3-6H,1-2H3. The molecule has 0 radical (unpaired) electrons. The summed E-state index contributed by atoms with van der Waals surface area (Å²) in [6.07, 6.45) is -4.61. The van der Waals surface area contributed by atoms with Crippen molar-refractivity contribution in [1.29, 1.82) is 0 Å². The van der Waals surface area contributed by atoms with E-state index in [2.05, 4.69) is 5.10 Å². The van der Waals surface area contributed by atoms with Crippen molar-refractivity contribution in [2.45, 2.75) is 13.1 Å². The first-order valence-electron chi connectivity index (χ1n) is 5.72. The van der Waals surface area contributed by atoms with Crippen LogP contribution in [0.2, 0.25) is 0 Å². The van der Waals surface area contributed by atoms with Crippen LogP contribution in [0.5, 0.6) is 11.6 Å². The molecule has 1 heterocycles. The molecular weight excluding hydrogens is 291 g/mol. The number of alkyl halides is 3. The third-order valence-electron chi connectivity index (χ3n) is 2.65. The molecule has 0 unspecified atom stereocenters. The number of nitrogens with zero attached hydrogens (tertiary/aromatic N) is 3. The molecule has 9 heteroatoms. The van der Waals surface area contributed by atoms with Crippen LogP contribution in [-0.2, 0) is 13.2 Å². The maximum atomic E-state index is 12.6. The van der Waals surface area contributed by atoms with Gasteiger partial charge in [0.05, 0.1) is 4.92 Å². The lowest BCUT2D eigenvalue weighted by molar-refractivity contribution is -0.385. The Morgan fingerprint density at radius 1 is 1.33 bits per heavy atom. The van der Waals surface area contributed by atoms with Crippen LogP contribution >= 0.6 is 0 Å². The Morgan fingerprint density at radius 3 is 2.52 bits per heavy atom. The largest absolute Gasteiger partial charge is 0.435 e. The van der Waals surface area contributed by atoms with Gasteiger partial charge in [-0.15, -0.1) is 0 Å². The third kappa shape index (κ3) is 3.12. The predicted octanol–water partition coefficient (Wildman–Crippen LogP) is 3.45. The second-order valence-corrected chi connectivity index (χ2v) is 4.32. The Balaban J connectivity index is 2.41. The first-order chi connectivity index (χ1) is 9.68. The monoisotopic (exact) mass is 301 g/mol. The normalized spacial score (nSPS) is 11.5. The van der Waals surface area contributed by atoms with Crippen molar-refractivity contribution in [2.24, 2.45) is 7.05 Å². The second-order valence-electron chi connectivity index (χ2n) is 4.32. The molecule has 0 aliphatic heterocycles. The van der Waals surface area contributed by atoms with Gasteiger partial charge < -0.3 is 4.74 Å². The van der Waals surface area contributed by atoms with Gasteiger partial charge in [0.15, 0.2) is 5.69 Å². The van der Waals surface area contributed by atoms with E-state index in [0.29, 0.717) is 11.6 Å². The summed E-state index contributed by atoms with van der Waals surface area (Å²) in [6, 6.07) is 4.80. The van der Waals surface area contributed by atoms with Gasteiger partial charge in [-0.2, -0.15) is 18.3 Å². The van der Waals surface area contributed by atoms with Crippen LogP contribution in [0.1, 0.15) is 11.3 Å². The molecule has 0 saturated heterocycles. The fourth-order valence-electron chi connectivity index (χ4n) is 1.65. The highest BCUT2D eigenvalue weighted by Crippen LogP contribution is 2.35. The van der Waals surface area contributed by atoms with Crippen LogP contribution < -0.4 is 4.74 Å². The van der Waals surface area contributed by atoms with Gasteiger partial charge in [-0.25, -0.2) is 4.68 Å². The third-order valence-corrected chi connectivity index (χ3v) is 2.65. The second kappa shape index (κ2) is 5.08. The molecule has 0 N–H and O–H groups in total. The minimum atomic E-state index is -4.61. The van der Waals surface area contributed by atoms with Gasteiger partial charge in [-0.3, -0.25) is 10.1 Å². The van der Waals surface area contributed by atoms with Crippen molar-refractivity contribution < 1.29 is 22.8 Å². The van der Waals surface area contributed by atoms with E-state index >= 15 is 0 Å². The van der Waals surface area contributed by atoms with Crippen molar-refractivity contribution in [3.05, 3.63) is 45.6 Å². The molecule has 0 spiro atoms. The van der Waals surface area contributed by atoms with Crippen molar-refractivity contribution in [2.75, 3.05) is 0 Å². The van der Waals surface area contributed by atoms with Crippen molar-refractivity contribution in [3.63, 3.8) is 0 Å². The molecule has 0 amide bonds. The summed E-state index contributed by atoms with van der Waals surface area (Å²) in [5, 5.41) is 14.2. The van der Waals surface area contributed by atoms with E-state index < -0.39 is 16.8 Å². The fourth-order valence-corrected chi connectivity index (χ4v) is 1.65. The van der Waals surface area contributed by atoms with E-state index in [4.69, 9.17) is 4.74 Å². The molecule has 0 bridgehead atoms. The molecule has 6 nitrogen and oxygen atoms in total. The average Bonchev–Trinajstić information content (AvgIpc) is 2.70. The number of nitro benzene ring substituents is 1. The summed E-state index contributed by atoms with van der Waals surface area (Å²) in [7, 11) is 1.26. The van der Waals surface area contributed by atoms with Crippen molar-refractivity contribution in [1.82, 2.24) is 9.78 Å². The van der Waals surface area contributed by atoms with Crippen LogP contribution in [0.25, 0.3) is 0 Å². The average molecular weight is 301 g/mol. The lowest BCUT2D eigenvalue weighted by Gasteiger charge is -2.06. The molecule has 21 heavy (non-hydrogen) atoms. The number of benzene rings is 1. The highest BCUT2D eigenvalue weighted by atomic mass is 19.4. The predicted molar refractivity (Wildman–Crippen MR) is 66.1 cm³/mol. The smallest absolute Gasteiger partial charge is 0.432 e. The van der Waals surface area contributed by atoms with Crippen LogP contribution in [0.15, 0.2) is 24.3 Å². The van der Waals surface area contributed by atoms with Gasteiger partial charge >= 0.3 is 11.9 Å². The molecule has 0 aliphatic rings. The van der Waals surface area contributed by atoms with Gasteiger partial charge in [0.25, 0.3) is 0 Å². The van der Waals surface area contributed by atoms with E-state index in [9.17, 15) is 23.3 Å². The Morgan fingerprint density at radius 2 is 2.00 bits per heavy atom. The van der Waals surface area contributed by atoms with Gasteiger partial charge in [-0.05, 0) is 18.6 Å². The van der Waals surface area contributed by atoms with Gasteiger partial charge in [0, 0.05) is 19.2 Å². The summed E-state index contributed by atoms with van der Waals surface area (Å²) < 4.78 is 43.7. The highest BCUT2D eigenvalue weighted by molar-refractivity contribution is 5.49. The zero-order chi connectivity index (χ0) is 15.8. The van der Waals surface area contributed by atoms with Crippen LogP contribution in [0.4, 0.5) is 18.9 Å². The minimum Gasteiger partial charge on any atom is -0.432 e. The fraction of sp³-hybridized carbons (Fsp3) is 0.250. The number of halogens is 3. The van der Waals surface area contributed by atoms with Crippen LogP contribution in [0, 0.1) is 17.0 Å². The number of hydrogen-bond donors (Lipinski definition) is 0. The molecule has 1 aromatic heterocycles. The molecule has 112 valence electrons. The topological polar surface area (TPSA) is 70.2 Å². The van der Waals surface area contributed by atoms with Crippen molar-refractivity contribution >= 4 is 5.69 Å². The zero-order valence-electron chi connectivity index (χ0n) is 11.0. The summed E-state index contributed by atoms with van der Waals surface area (Å²) in [5.74, 6) is -0.382. The number of nitro groups is 1. The Labute approximate surface area is 116 Å². The Kier molecular flexibility index (Phi) is 3.58. The molecule has 1 aromatic carbocycles. The first kappa shape index (κ1) is 14.8. The summed E-state index contributed by atoms with van der Waals surface area (Å²) >= 11 is 0. The van der Waals surface area contributed by atoms with E-state index in [1.54, 1.807) is 6.92 Å². The molecule has 2 rings (SSSR count). The molecule has 0 atom stereocenters. The molecule has 0 saturated carbocycles. The van der Waals surface area contributed by atoms with E-state index in [-0.39, 0.29) is 17.3 Å². The molecule has 0 fully saturated rings. The number of rotatable bonds is 3. The van der Waals surface area contributed by atoms with Gasteiger partial charge in [-0.1, -0.05) is 6.07 Å². The van der Waals surface area contributed by atoms with E-state index in [1.165, 1.54) is 25.2 Å². The summed E-state index contributed by atoms with van der Waals surface area (Å²) in [5.41, 5.74) is -0.792. The number of aryl methyl sites for hydroxylation is 2. The lowest BCUT2D eigenvalue weighted by atomic mass is 10.2. The Hall–Kier alpha value is -2.58. The number of ether oxygens (including phenoxy) is 1. The first-order valence-corrected chi connectivity index (χ1v) is 5.72. The van der Waals surface area contributed by atoms with Crippen molar-refractivity contribution in [3.8, 4) is 11.6 Å². The Bertz CT molecular complexity index is 695. The molecular formula is C12H10F3N3O3. The number of hydrogen-bond acceptors (Lipinski definition) is 4. The number of aromatic nitrogens is 2.